The summed E-state index contributed by atoms with van der Waals surface area (Å²) in [5, 5.41) is 11.3. The van der Waals surface area contributed by atoms with Gasteiger partial charge in [-0.3, -0.25) is 9.59 Å². The van der Waals surface area contributed by atoms with Crippen LogP contribution in [-0.4, -0.2) is 35.0 Å². The van der Waals surface area contributed by atoms with Gasteiger partial charge >= 0.3 is 11.9 Å². The van der Waals surface area contributed by atoms with Crippen LogP contribution in [0.3, 0.4) is 0 Å². The number of hydrogen-bond acceptors (Lipinski definition) is 5. The molecule has 0 fully saturated rings. The summed E-state index contributed by atoms with van der Waals surface area (Å²) >= 11 is 0. The Kier molecular flexibility index (Phi) is 7.92. The maximum atomic E-state index is 12.2. The van der Waals surface area contributed by atoms with E-state index in [9.17, 15) is 14.4 Å². The molecule has 0 aliphatic heterocycles. The molecular formula is C21H24N4O5. The molecule has 0 aliphatic rings. The second-order valence-corrected chi connectivity index (χ2v) is 6.68. The SMILES string of the molecule is C[C@H](CC(=O)O)NC(=O)CCc1ccc(OC(=O)c2ccc(N=C(N)N)cc2)cc1. The van der Waals surface area contributed by atoms with Gasteiger partial charge in [0.25, 0.3) is 0 Å². The smallest absolute Gasteiger partial charge is 0.343 e. The van der Waals surface area contributed by atoms with Gasteiger partial charge in [-0.1, -0.05) is 12.1 Å². The standard InChI is InChI=1S/C21H24N4O5/c1-13(12-19(27)28)24-18(26)11-4-14-2-9-17(10-3-14)30-20(29)15-5-7-16(8-6-15)25-21(22)23/h2-3,5-10,13H,4,11-12H2,1H3,(H,24,26)(H,27,28)(H4,22,23,25)/t13-/m1/s1. The normalized spacial score (nSPS) is 11.2. The lowest BCUT2D eigenvalue weighted by atomic mass is 10.1. The molecule has 158 valence electrons. The predicted molar refractivity (Wildman–Crippen MR) is 111 cm³/mol. The van der Waals surface area contributed by atoms with E-state index in [-0.39, 0.29) is 24.7 Å². The highest BCUT2D eigenvalue weighted by atomic mass is 16.5. The quantitative estimate of drug-likeness (QED) is 0.211. The Morgan fingerprint density at radius 1 is 1.07 bits per heavy atom. The lowest BCUT2D eigenvalue weighted by molar-refractivity contribution is -0.137. The van der Waals surface area contributed by atoms with Crippen LogP contribution in [0.4, 0.5) is 5.69 Å². The molecule has 6 N–H and O–H groups in total. The van der Waals surface area contributed by atoms with Crippen molar-refractivity contribution in [1.82, 2.24) is 5.32 Å². The van der Waals surface area contributed by atoms with Gasteiger partial charge in [-0.05, 0) is 55.3 Å². The fourth-order valence-corrected chi connectivity index (χ4v) is 2.63. The molecule has 2 rings (SSSR count). The maximum Gasteiger partial charge on any atom is 0.343 e. The van der Waals surface area contributed by atoms with Crippen molar-refractivity contribution in [3.05, 3.63) is 59.7 Å². The van der Waals surface area contributed by atoms with Crippen molar-refractivity contribution in [2.75, 3.05) is 0 Å². The molecule has 0 bridgehead atoms. The number of ether oxygens (including phenoxy) is 1. The zero-order chi connectivity index (χ0) is 22.1. The van der Waals surface area contributed by atoms with Crippen LogP contribution in [0.15, 0.2) is 53.5 Å². The third-order valence-electron chi connectivity index (χ3n) is 4.02. The van der Waals surface area contributed by atoms with Crippen LogP contribution in [0.25, 0.3) is 0 Å². The number of carboxylic acids is 1. The van der Waals surface area contributed by atoms with Crippen LogP contribution in [0.2, 0.25) is 0 Å². The summed E-state index contributed by atoms with van der Waals surface area (Å²) in [5.74, 6) is -1.40. The molecule has 0 aliphatic carbocycles. The number of carbonyl (C=O) groups excluding carboxylic acids is 2. The minimum Gasteiger partial charge on any atom is -0.481 e. The number of amides is 1. The molecule has 2 aromatic carbocycles. The lowest BCUT2D eigenvalue weighted by Gasteiger charge is -2.11. The Morgan fingerprint density at radius 3 is 2.27 bits per heavy atom. The summed E-state index contributed by atoms with van der Waals surface area (Å²) in [6, 6.07) is 12.7. The number of nitrogens with one attached hydrogen (secondary N) is 1. The minimum absolute atomic E-state index is 0.0716. The van der Waals surface area contributed by atoms with E-state index >= 15 is 0 Å². The molecule has 9 heteroatoms. The number of nitrogens with zero attached hydrogens (tertiary/aromatic N) is 1. The van der Waals surface area contributed by atoms with Gasteiger partial charge in [0.05, 0.1) is 17.7 Å². The number of aliphatic imine (C=N–C) groups is 1. The monoisotopic (exact) mass is 412 g/mol. The van der Waals surface area contributed by atoms with E-state index in [4.69, 9.17) is 21.3 Å². The van der Waals surface area contributed by atoms with Crippen molar-refractivity contribution in [1.29, 1.82) is 0 Å². The summed E-state index contributed by atoms with van der Waals surface area (Å²) in [4.78, 5) is 38.6. The van der Waals surface area contributed by atoms with E-state index in [1.165, 1.54) is 0 Å². The molecule has 2 aromatic rings. The molecule has 9 nitrogen and oxygen atoms in total. The second-order valence-electron chi connectivity index (χ2n) is 6.68. The third kappa shape index (κ3) is 7.63. The first-order valence-corrected chi connectivity index (χ1v) is 9.25. The van der Waals surface area contributed by atoms with E-state index < -0.39 is 18.0 Å². The number of benzene rings is 2. The van der Waals surface area contributed by atoms with Gasteiger partial charge in [0.1, 0.15) is 5.75 Å². The van der Waals surface area contributed by atoms with Gasteiger partial charge in [-0.25, -0.2) is 9.79 Å². The van der Waals surface area contributed by atoms with Crippen molar-refractivity contribution < 1.29 is 24.2 Å². The zero-order valence-electron chi connectivity index (χ0n) is 16.5. The van der Waals surface area contributed by atoms with Crippen LogP contribution in [0.5, 0.6) is 5.75 Å². The van der Waals surface area contributed by atoms with Crippen LogP contribution >= 0.6 is 0 Å². The molecule has 0 heterocycles. The van der Waals surface area contributed by atoms with Crippen molar-refractivity contribution >= 4 is 29.5 Å². The fourth-order valence-electron chi connectivity index (χ4n) is 2.63. The van der Waals surface area contributed by atoms with Crippen LogP contribution < -0.4 is 21.5 Å². The Bertz CT molecular complexity index is 919. The second kappa shape index (κ2) is 10.6. The largest absolute Gasteiger partial charge is 0.481 e. The van der Waals surface area contributed by atoms with Crippen molar-refractivity contribution in [3.8, 4) is 5.75 Å². The van der Waals surface area contributed by atoms with Crippen LogP contribution in [0, 0.1) is 0 Å². The number of aryl methyl sites for hydroxylation is 1. The molecule has 0 saturated heterocycles. The molecule has 0 saturated carbocycles. The summed E-state index contributed by atoms with van der Waals surface area (Å²) in [7, 11) is 0. The minimum atomic E-state index is -0.961. The van der Waals surface area contributed by atoms with E-state index in [0.717, 1.165) is 5.56 Å². The average molecular weight is 412 g/mol. The number of aliphatic carboxylic acids is 1. The third-order valence-corrected chi connectivity index (χ3v) is 4.02. The molecule has 1 amide bonds. The molecule has 30 heavy (non-hydrogen) atoms. The summed E-state index contributed by atoms with van der Waals surface area (Å²) < 4.78 is 5.33. The number of carbonyl (C=O) groups is 3. The van der Waals surface area contributed by atoms with Gasteiger partial charge in [0.15, 0.2) is 5.96 Å². The summed E-state index contributed by atoms with van der Waals surface area (Å²) in [6.07, 6.45) is 0.583. The maximum absolute atomic E-state index is 12.2. The number of rotatable bonds is 9. The van der Waals surface area contributed by atoms with Crippen LogP contribution in [-0.2, 0) is 16.0 Å². The number of guanidine groups is 1. The first-order chi connectivity index (χ1) is 14.2. The molecule has 0 radical (unpaired) electrons. The Labute approximate surface area is 173 Å². The lowest BCUT2D eigenvalue weighted by Crippen LogP contribution is -2.34. The molecule has 0 unspecified atom stereocenters. The Balaban J connectivity index is 1.85. The van der Waals surface area contributed by atoms with Crippen molar-refractivity contribution in [3.63, 3.8) is 0 Å². The topological polar surface area (TPSA) is 157 Å². The van der Waals surface area contributed by atoms with Crippen molar-refractivity contribution in [2.24, 2.45) is 16.5 Å². The summed E-state index contributed by atoms with van der Waals surface area (Å²) in [5.41, 5.74) is 12.4. The van der Waals surface area contributed by atoms with Crippen molar-refractivity contribution in [2.45, 2.75) is 32.2 Å². The number of esters is 1. The molecule has 1 atom stereocenters. The summed E-state index contributed by atoms with van der Waals surface area (Å²) in [6.45, 7) is 1.64. The highest BCUT2D eigenvalue weighted by Crippen LogP contribution is 2.17. The van der Waals surface area contributed by atoms with Gasteiger partial charge in [-0.2, -0.15) is 0 Å². The number of nitrogens with two attached hydrogens (primary N) is 2. The number of carboxylic acid groups (broad SMARTS) is 1. The molecule has 0 spiro atoms. The van der Waals surface area contributed by atoms with Gasteiger partial charge in [-0.15, -0.1) is 0 Å². The van der Waals surface area contributed by atoms with E-state index in [2.05, 4.69) is 10.3 Å². The van der Waals surface area contributed by atoms with E-state index in [0.29, 0.717) is 23.4 Å². The number of hydrogen-bond donors (Lipinski definition) is 4. The Morgan fingerprint density at radius 2 is 1.70 bits per heavy atom. The zero-order valence-corrected chi connectivity index (χ0v) is 16.5. The molecule has 0 aromatic heterocycles. The first kappa shape index (κ1) is 22.4. The predicted octanol–water partition coefficient (Wildman–Crippen LogP) is 1.72. The first-order valence-electron chi connectivity index (χ1n) is 9.25. The molecular weight excluding hydrogens is 388 g/mol. The average Bonchev–Trinajstić information content (AvgIpc) is 2.66. The fraction of sp³-hybridized carbons (Fsp3) is 0.238. The van der Waals surface area contributed by atoms with Crippen LogP contribution in [0.1, 0.15) is 35.7 Å². The Hall–Kier alpha value is -3.88. The highest BCUT2D eigenvalue weighted by Gasteiger charge is 2.12. The van der Waals surface area contributed by atoms with E-state index in [1.54, 1.807) is 55.5 Å². The van der Waals surface area contributed by atoms with E-state index in [1.807, 2.05) is 0 Å². The highest BCUT2D eigenvalue weighted by molar-refractivity contribution is 5.91. The van der Waals surface area contributed by atoms with Gasteiger partial charge in [0.2, 0.25) is 5.91 Å². The van der Waals surface area contributed by atoms with Gasteiger partial charge in [0, 0.05) is 12.5 Å². The van der Waals surface area contributed by atoms with Gasteiger partial charge < -0.3 is 26.6 Å².